The number of aryl methyl sites for hydroxylation is 1. The summed E-state index contributed by atoms with van der Waals surface area (Å²) >= 11 is 2.61. The van der Waals surface area contributed by atoms with Gasteiger partial charge in [-0.05, 0) is 25.1 Å². The van der Waals surface area contributed by atoms with Crippen molar-refractivity contribution in [3.63, 3.8) is 0 Å². The highest BCUT2D eigenvalue weighted by Gasteiger charge is 2.16. The maximum Gasteiger partial charge on any atom is 0.267 e. The summed E-state index contributed by atoms with van der Waals surface area (Å²) in [6, 6.07) is 11.5. The summed E-state index contributed by atoms with van der Waals surface area (Å²) in [5.41, 5.74) is 3.98. The number of thiazole rings is 1. The average molecular weight is 396 g/mol. The molecule has 27 heavy (non-hydrogen) atoms. The van der Waals surface area contributed by atoms with Gasteiger partial charge in [-0.1, -0.05) is 18.2 Å². The van der Waals surface area contributed by atoms with E-state index in [1.807, 2.05) is 30.5 Å². The highest BCUT2D eigenvalue weighted by Crippen LogP contribution is 2.34. The van der Waals surface area contributed by atoms with Gasteiger partial charge in [-0.25, -0.2) is 4.98 Å². The van der Waals surface area contributed by atoms with Crippen molar-refractivity contribution in [1.29, 1.82) is 0 Å². The third kappa shape index (κ3) is 3.49. The summed E-state index contributed by atoms with van der Waals surface area (Å²) in [5, 5.41) is 9.73. The minimum absolute atomic E-state index is 0.164. The molecule has 0 saturated heterocycles. The third-order valence-corrected chi connectivity index (χ3v) is 5.76. The Morgan fingerprint density at radius 3 is 2.74 bits per heavy atom. The lowest BCUT2D eigenvalue weighted by Gasteiger charge is -1.99. The Hall–Kier alpha value is -2.97. The van der Waals surface area contributed by atoms with Gasteiger partial charge in [0.25, 0.3) is 5.91 Å². The Kier molecular flexibility index (Phi) is 4.51. The van der Waals surface area contributed by atoms with Gasteiger partial charge < -0.3 is 10.3 Å². The van der Waals surface area contributed by atoms with Crippen LogP contribution in [0.15, 0.2) is 41.8 Å². The second-order valence-electron chi connectivity index (χ2n) is 6.01. The molecule has 2 amide bonds. The molecule has 0 bridgehead atoms. The van der Waals surface area contributed by atoms with E-state index in [1.54, 1.807) is 12.1 Å². The Morgan fingerprint density at radius 2 is 1.93 bits per heavy atom. The molecule has 4 rings (SSSR count). The van der Waals surface area contributed by atoms with Gasteiger partial charge in [-0.15, -0.1) is 22.7 Å². The van der Waals surface area contributed by atoms with E-state index < -0.39 is 0 Å². The molecule has 1 aromatic carbocycles. The molecule has 8 heteroatoms. The van der Waals surface area contributed by atoms with Crippen molar-refractivity contribution in [2.75, 3.05) is 10.6 Å². The van der Waals surface area contributed by atoms with Crippen LogP contribution in [0, 0.1) is 6.92 Å². The number of benzene rings is 1. The van der Waals surface area contributed by atoms with Crippen LogP contribution in [0.4, 0.5) is 10.1 Å². The van der Waals surface area contributed by atoms with E-state index in [0.717, 1.165) is 27.9 Å². The second-order valence-corrected chi connectivity index (χ2v) is 7.95. The van der Waals surface area contributed by atoms with Crippen LogP contribution in [-0.4, -0.2) is 21.8 Å². The molecule has 0 saturated carbocycles. The molecular weight excluding hydrogens is 380 g/mol. The average Bonchev–Trinajstić information content (AvgIpc) is 3.32. The molecule has 136 valence electrons. The lowest BCUT2D eigenvalue weighted by atomic mass is 10.1. The van der Waals surface area contributed by atoms with Crippen LogP contribution in [0.2, 0.25) is 0 Å². The number of thiophene rings is 1. The molecule has 3 heterocycles. The standard InChI is InChI=1S/C19H16N4O2S2/c1-10-17(12-5-3-4-6-13(12)20-10)14-9-26-19(22-14)23-18(25)15-7-8-16(27-15)21-11(2)24/h3-9,20H,1-2H3,(H,21,24)(H,22,23,25). The molecular formula is C19H16N4O2S2. The van der Waals surface area contributed by atoms with Crippen molar-refractivity contribution in [1.82, 2.24) is 9.97 Å². The maximum absolute atomic E-state index is 12.4. The Balaban J connectivity index is 1.56. The predicted octanol–water partition coefficient (Wildman–Crippen LogP) is 4.87. The molecule has 0 aliphatic heterocycles. The van der Waals surface area contributed by atoms with Crippen molar-refractivity contribution < 1.29 is 9.59 Å². The third-order valence-electron chi connectivity index (χ3n) is 4.00. The first-order valence-corrected chi connectivity index (χ1v) is 9.93. The topological polar surface area (TPSA) is 86.9 Å². The molecule has 0 unspecified atom stereocenters. The predicted molar refractivity (Wildman–Crippen MR) is 111 cm³/mol. The lowest BCUT2D eigenvalue weighted by molar-refractivity contribution is -0.114. The number of amides is 2. The number of para-hydroxylation sites is 1. The molecule has 0 fully saturated rings. The van der Waals surface area contributed by atoms with Crippen LogP contribution < -0.4 is 10.6 Å². The van der Waals surface area contributed by atoms with Gasteiger partial charge in [0.05, 0.1) is 15.6 Å². The Morgan fingerprint density at radius 1 is 1.11 bits per heavy atom. The van der Waals surface area contributed by atoms with Gasteiger partial charge in [0, 0.05) is 34.5 Å². The van der Waals surface area contributed by atoms with Crippen LogP contribution in [0.5, 0.6) is 0 Å². The summed E-state index contributed by atoms with van der Waals surface area (Å²) in [5.74, 6) is -0.407. The van der Waals surface area contributed by atoms with E-state index in [2.05, 4.69) is 26.7 Å². The number of hydrogen-bond donors (Lipinski definition) is 3. The number of fused-ring (bicyclic) bond motifs is 1. The van der Waals surface area contributed by atoms with Gasteiger partial charge in [-0.2, -0.15) is 0 Å². The molecule has 3 N–H and O–H groups in total. The zero-order chi connectivity index (χ0) is 19.0. The van der Waals surface area contributed by atoms with E-state index in [0.29, 0.717) is 15.0 Å². The second kappa shape index (κ2) is 6.98. The van der Waals surface area contributed by atoms with E-state index in [1.165, 1.54) is 29.6 Å². The van der Waals surface area contributed by atoms with Gasteiger partial charge >= 0.3 is 0 Å². The maximum atomic E-state index is 12.4. The minimum Gasteiger partial charge on any atom is -0.358 e. The molecule has 0 atom stereocenters. The summed E-state index contributed by atoms with van der Waals surface area (Å²) in [6.45, 7) is 3.45. The number of carbonyl (C=O) groups is 2. The number of aromatic amines is 1. The summed E-state index contributed by atoms with van der Waals surface area (Å²) in [7, 11) is 0. The van der Waals surface area contributed by atoms with Crippen LogP contribution in [-0.2, 0) is 4.79 Å². The van der Waals surface area contributed by atoms with Crippen molar-refractivity contribution in [2.24, 2.45) is 0 Å². The van der Waals surface area contributed by atoms with Gasteiger partial charge in [0.1, 0.15) is 0 Å². The monoisotopic (exact) mass is 396 g/mol. The smallest absolute Gasteiger partial charge is 0.267 e. The van der Waals surface area contributed by atoms with Crippen molar-refractivity contribution in [3.05, 3.63) is 52.3 Å². The van der Waals surface area contributed by atoms with Crippen molar-refractivity contribution in [3.8, 4) is 11.3 Å². The minimum atomic E-state index is -0.242. The highest BCUT2D eigenvalue weighted by molar-refractivity contribution is 7.18. The molecule has 0 aliphatic carbocycles. The van der Waals surface area contributed by atoms with Crippen LogP contribution in [0.3, 0.4) is 0 Å². The zero-order valence-electron chi connectivity index (χ0n) is 14.6. The summed E-state index contributed by atoms with van der Waals surface area (Å²) in [4.78, 5) is 32.0. The molecule has 0 radical (unpaired) electrons. The van der Waals surface area contributed by atoms with Gasteiger partial charge in [-0.3, -0.25) is 14.9 Å². The molecule has 0 spiro atoms. The number of nitrogens with one attached hydrogen (secondary N) is 3. The molecule has 0 aliphatic rings. The Labute approximate surface area is 163 Å². The quantitative estimate of drug-likeness (QED) is 0.460. The van der Waals surface area contributed by atoms with E-state index in [9.17, 15) is 9.59 Å². The summed E-state index contributed by atoms with van der Waals surface area (Å²) in [6.07, 6.45) is 0. The first-order valence-electron chi connectivity index (χ1n) is 8.23. The van der Waals surface area contributed by atoms with Gasteiger partial charge in [0.2, 0.25) is 5.91 Å². The number of H-pyrrole nitrogens is 1. The first-order chi connectivity index (χ1) is 13.0. The number of anilines is 2. The number of carbonyl (C=O) groups excluding carboxylic acids is 2. The molecule has 6 nitrogen and oxygen atoms in total. The fraction of sp³-hybridized carbons (Fsp3) is 0.105. The lowest BCUT2D eigenvalue weighted by Crippen LogP contribution is -2.09. The zero-order valence-corrected chi connectivity index (χ0v) is 16.3. The van der Waals surface area contributed by atoms with Crippen LogP contribution >= 0.6 is 22.7 Å². The molecule has 4 aromatic rings. The van der Waals surface area contributed by atoms with E-state index in [4.69, 9.17) is 0 Å². The highest BCUT2D eigenvalue weighted by atomic mass is 32.1. The van der Waals surface area contributed by atoms with Crippen molar-refractivity contribution in [2.45, 2.75) is 13.8 Å². The van der Waals surface area contributed by atoms with Crippen molar-refractivity contribution >= 4 is 55.5 Å². The first kappa shape index (κ1) is 17.4. The van der Waals surface area contributed by atoms with E-state index >= 15 is 0 Å². The van der Waals surface area contributed by atoms with Crippen LogP contribution in [0.1, 0.15) is 22.3 Å². The Bertz CT molecular complexity index is 1160. The fourth-order valence-electron chi connectivity index (χ4n) is 2.91. The number of hydrogen-bond acceptors (Lipinski definition) is 5. The fourth-order valence-corrected chi connectivity index (χ4v) is 4.46. The summed E-state index contributed by atoms with van der Waals surface area (Å²) < 4.78 is 0. The van der Waals surface area contributed by atoms with Crippen LogP contribution in [0.25, 0.3) is 22.2 Å². The normalized spacial score (nSPS) is 10.9. The number of nitrogens with zero attached hydrogens (tertiary/aromatic N) is 1. The van der Waals surface area contributed by atoms with Gasteiger partial charge in [0.15, 0.2) is 5.13 Å². The number of aromatic nitrogens is 2. The molecule has 3 aromatic heterocycles. The largest absolute Gasteiger partial charge is 0.358 e. The van der Waals surface area contributed by atoms with E-state index in [-0.39, 0.29) is 11.8 Å². The number of rotatable bonds is 4. The SMILES string of the molecule is CC(=O)Nc1ccc(C(=O)Nc2nc(-c3c(C)[nH]c4ccccc34)cs2)s1.